The van der Waals surface area contributed by atoms with Gasteiger partial charge in [-0.1, -0.05) is 6.07 Å². The third-order valence-corrected chi connectivity index (χ3v) is 5.86. The third kappa shape index (κ3) is 12.1. The van der Waals surface area contributed by atoms with Gasteiger partial charge in [0.1, 0.15) is 0 Å². The van der Waals surface area contributed by atoms with Gasteiger partial charge in [0.05, 0.1) is 24.5 Å². The van der Waals surface area contributed by atoms with E-state index in [1.807, 2.05) is 18.2 Å². The average molecular weight is 525 g/mol. The van der Waals surface area contributed by atoms with Crippen LogP contribution in [-0.2, 0) is 37.1 Å². The topological polar surface area (TPSA) is 199 Å². The van der Waals surface area contributed by atoms with Gasteiger partial charge in [-0.15, -0.1) is 0 Å². The van der Waals surface area contributed by atoms with Crippen LogP contribution in [0.4, 0.5) is 0 Å². The van der Waals surface area contributed by atoms with Gasteiger partial charge in [-0.2, -0.15) is 0 Å². The number of amides is 1. The Morgan fingerprint density at radius 2 is 1.49 bits per heavy atom. The predicted octanol–water partition coefficient (Wildman–Crippen LogP) is -1.20. The Bertz CT molecular complexity index is 872. The first-order valence-corrected chi connectivity index (χ1v) is 12.1. The number of carbonyl (C=O) groups excluding carboxylic acids is 1. The number of aliphatic carboxylic acids is 3. The molecule has 37 heavy (non-hydrogen) atoms. The molecule has 0 aromatic carbocycles. The van der Waals surface area contributed by atoms with Crippen LogP contribution in [0.1, 0.15) is 30.7 Å². The molecule has 1 unspecified atom stereocenters. The lowest BCUT2D eigenvalue weighted by molar-refractivity contribution is -0.151. The number of hydrogen-bond acceptors (Lipinski definition) is 10. The molecule has 206 valence electrons. The maximum atomic E-state index is 12.0. The lowest BCUT2D eigenvalue weighted by atomic mass is 10.2. The van der Waals surface area contributed by atoms with Crippen molar-refractivity contribution in [2.24, 2.45) is 5.90 Å². The summed E-state index contributed by atoms with van der Waals surface area (Å²) in [5.74, 6) is 1.51. The molecule has 1 aliphatic rings. The van der Waals surface area contributed by atoms with Crippen LogP contribution in [0.15, 0.2) is 18.2 Å². The molecule has 1 aromatic rings. The summed E-state index contributed by atoms with van der Waals surface area (Å²) in [4.78, 5) is 60.4. The summed E-state index contributed by atoms with van der Waals surface area (Å²) in [5.41, 5.74) is 1.43. The number of hydrogen-bond donors (Lipinski definition) is 5. The van der Waals surface area contributed by atoms with Gasteiger partial charge in [0.2, 0.25) is 5.91 Å². The molecule has 1 aliphatic heterocycles. The van der Waals surface area contributed by atoms with Gasteiger partial charge >= 0.3 is 17.9 Å². The molecule has 2 heterocycles. The van der Waals surface area contributed by atoms with Crippen LogP contribution < -0.4 is 11.2 Å². The molecule has 14 heteroatoms. The molecule has 14 nitrogen and oxygen atoms in total. The summed E-state index contributed by atoms with van der Waals surface area (Å²) in [5, 5.41) is 30.3. The Hall–Kier alpha value is -3.17. The number of nitrogens with two attached hydrogens (primary N) is 1. The quantitative estimate of drug-likeness (QED) is 0.152. The first-order valence-electron chi connectivity index (χ1n) is 12.1. The van der Waals surface area contributed by atoms with Crippen LogP contribution in [0.3, 0.4) is 0 Å². The van der Waals surface area contributed by atoms with Crippen LogP contribution in [0.2, 0.25) is 0 Å². The van der Waals surface area contributed by atoms with Gasteiger partial charge in [0, 0.05) is 52.2 Å². The highest BCUT2D eigenvalue weighted by Crippen LogP contribution is 2.09. The second-order valence-electron chi connectivity index (χ2n) is 8.88. The second kappa shape index (κ2) is 15.8. The van der Waals surface area contributed by atoms with Gasteiger partial charge in [-0.25, -0.2) is 10.7 Å². The minimum atomic E-state index is -1.24. The smallest absolute Gasteiger partial charge is 0.334 e. The first-order chi connectivity index (χ1) is 17.7. The molecule has 0 fully saturated rings. The molecule has 1 atom stereocenters. The molecular formula is C23H36N6O8. The molecule has 2 rings (SSSR count). The third-order valence-electron chi connectivity index (χ3n) is 5.86. The highest BCUT2D eigenvalue weighted by atomic mass is 16.6. The van der Waals surface area contributed by atoms with Gasteiger partial charge < -0.3 is 25.5 Å². The predicted molar refractivity (Wildman–Crippen MR) is 130 cm³/mol. The zero-order valence-electron chi connectivity index (χ0n) is 20.8. The zero-order chi connectivity index (χ0) is 27.2. The van der Waals surface area contributed by atoms with Crippen LogP contribution in [0.25, 0.3) is 0 Å². The van der Waals surface area contributed by atoms with Gasteiger partial charge in [-0.3, -0.25) is 34.0 Å². The number of aromatic nitrogens is 1. The van der Waals surface area contributed by atoms with Crippen molar-refractivity contribution in [1.82, 2.24) is 25.0 Å². The SMILES string of the molecule is NOC(CCC(=O)NCCCN1CCN(CC(=O)O)Cc2cccc(n2)CN(CC(=O)O)CC1)C(=O)O. The number of rotatable bonds is 13. The molecule has 0 radical (unpaired) electrons. The van der Waals surface area contributed by atoms with Crippen molar-refractivity contribution in [3.8, 4) is 0 Å². The minimum absolute atomic E-state index is 0.0413. The van der Waals surface area contributed by atoms with E-state index in [1.54, 1.807) is 9.80 Å². The fourth-order valence-corrected chi connectivity index (χ4v) is 4.01. The van der Waals surface area contributed by atoms with Crippen molar-refractivity contribution in [3.63, 3.8) is 0 Å². The Labute approximate surface area is 214 Å². The van der Waals surface area contributed by atoms with E-state index >= 15 is 0 Å². The van der Waals surface area contributed by atoms with E-state index in [9.17, 15) is 29.4 Å². The monoisotopic (exact) mass is 524 g/mol. The maximum Gasteiger partial charge on any atom is 0.334 e. The molecule has 2 bridgehead atoms. The molecule has 6 N–H and O–H groups in total. The lowest BCUT2D eigenvalue weighted by Gasteiger charge is -2.30. The fraction of sp³-hybridized carbons (Fsp3) is 0.609. The molecule has 0 aliphatic carbocycles. The molecular weight excluding hydrogens is 488 g/mol. The van der Waals surface area contributed by atoms with Crippen molar-refractivity contribution in [2.45, 2.75) is 38.5 Å². The lowest BCUT2D eigenvalue weighted by Crippen LogP contribution is -2.43. The summed E-state index contributed by atoms with van der Waals surface area (Å²) in [6.45, 7) is 3.44. The van der Waals surface area contributed by atoms with Crippen LogP contribution >= 0.6 is 0 Å². The van der Waals surface area contributed by atoms with Gasteiger partial charge in [0.15, 0.2) is 6.10 Å². The molecule has 0 saturated carbocycles. The van der Waals surface area contributed by atoms with Gasteiger partial charge in [0.25, 0.3) is 0 Å². The minimum Gasteiger partial charge on any atom is -0.480 e. The molecule has 1 aromatic heterocycles. The van der Waals surface area contributed by atoms with Crippen LogP contribution in [0, 0.1) is 0 Å². The Balaban J connectivity index is 1.97. The summed E-state index contributed by atoms with van der Waals surface area (Å²) >= 11 is 0. The van der Waals surface area contributed by atoms with Crippen molar-refractivity contribution < 1.29 is 39.3 Å². The number of carboxylic acids is 3. The van der Waals surface area contributed by atoms with E-state index < -0.39 is 24.0 Å². The zero-order valence-corrected chi connectivity index (χ0v) is 20.8. The van der Waals surface area contributed by atoms with E-state index in [2.05, 4.69) is 20.0 Å². The summed E-state index contributed by atoms with van der Waals surface area (Å²) < 4.78 is 0. The molecule has 0 saturated heterocycles. The summed E-state index contributed by atoms with van der Waals surface area (Å²) in [6, 6.07) is 5.49. The van der Waals surface area contributed by atoms with Crippen molar-refractivity contribution in [2.75, 3.05) is 52.4 Å². The number of nitrogens with zero attached hydrogens (tertiary/aromatic N) is 4. The highest BCUT2D eigenvalue weighted by molar-refractivity contribution is 5.78. The van der Waals surface area contributed by atoms with E-state index in [1.165, 1.54) is 0 Å². The van der Waals surface area contributed by atoms with E-state index in [0.29, 0.717) is 70.2 Å². The number of pyridine rings is 1. The van der Waals surface area contributed by atoms with Crippen molar-refractivity contribution in [1.29, 1.82) is 0 Å². The molecule has 0 spiro atoms. The normalized spacial score (nSPS) is 16.8. The van der Waals surface area contributed by atoms with Gasteiger partial charge in [-0.05, 0) is 31.5 Å². The van der Waals surface area contributed by atoms with Crippen molar-refractivity contribution in [3.05, 3.63) is 29.6 Å². The Morgan fingerprint density at radius 1 is 0.946 bits per heavy atom. The van der Waals surface area contributed by atoms with E-state index in [0.717, 1.165) is 0 Å². The van der Waals surface area contributed by atoms with Crippen molar-refractivity contribution >= 4 is 23.8 Å². The summed E-state index contributed by atoms with van der Waals surface area (Å²) in [7, 11) is 0. The Kier molecular flexibility index (Phi) is 12.9. The van der Waals surface area contributed by atoms with E-state index in [4.69, 9.17) is 11.0 Å². The maximum absolute atomic E-state index is 12.0. The van der Waals surface area contributed by atoms with E-state index in [-0.39, 0.29) is 31.8 Å². The number of nitrogens with one attached hydrogen (secondary N) is 1. The number of carboxylic acid groups (broad SMARTS) is 3. The standard InChI is InChI=1S/C23H36N6O8/c24-37-19(23(35)36)5-6-20(30)25-7-2-8-27-9-11-28(15-21(31)32)13-17-3-1-4-18(26-17)14-29(12-10-27)16-22(33)34/h1,3-4,19H,2,5-16,24H2,(H,25,30)(H,31,32)(H,33,34)(H,35,36). The largest absolute Gasteiger partial charge is 0.480 e. The second-order valence-corrected chi connectivity index (χ2v) is 8.88. The molecule has 1 amide bonds. The highest BCUT2D eigenvalue weighted by Gasteiger charge is 2.20. The first kappa shape index (κ1) is 30.1. The Morgan fingerprint density at radius 3 is 1.97 bits per heavy atom. The fourth-order valence-electron chi connectivity index (χ4n) is 4.01. The number of carbonyl (C=O) groups is 4. The average Bonchev–Trinajstić information content (AvgIpc) is 2.81. The van der Waals surface area contributed by atoms with Crippen LogP contribution in [0.5, 0.6) is 0 Å². The number of fused-ring (bicyclic) bond motifs is 2. The van der Waals surface area contributed by atoms with Crippen LogP contribution in [-0.4, -0.2) is 117 Å². The summed E-state index contributed by atoms with van der Waals surface area (Å²) in [6.07, 6.45) is -0.729.